The number of aryl methyl sites for hydroxylation is 2. The highest BCUT2D eigenvalue weighted by Gasteiger charge is 2.19. The van der Waals surface area contributed by atoms with E-state index in [1.54, 1.807) is 36.7 Å². The zero-order valence-electron chi connectivity index (χ0n) is 14.8. The van der Waals surface area contributed by atoms with Gasteiger partial charge >= 0.3 is 0 Å². The largest absolute Gasteiger partial charge is 0.343 e. The molecule has 0 aliphatic rings. The number of hydrogen-bond donors (Lipinski definition) is 3. The number of pyridine rings is 1. The first-order chi connectivity index (χ1) is 11.9. The summed E-state index contributed by atoms with van der Waals surface area (Å²) in [6.45, 7) is 3.54. The fraction of sp³-hybridized carbons (Fsp3) is 0.389. The molecule has 7 heteroatoms. The van der Waals surface area contributed by atoms with Gasteiger partial charge in [0.1, 0.15) is 6.04 Å². The summed E-state index contributed by atoms with van der Waals surface area (Å²) in [7, 11) is 1.72. The molecule has 0 aliphatic carbocycles. The summed E-state index contributed by atoms with van der Waals surface area (Å²) in [5.74, 6) is -0.651. The molecule has 0 unspecified atom stereocenters. The van der Waals surface area contributed by atoms with Crippen LogP contribution in [0.4, 0.5) is 5.69 Å². The number of carbonyl (C=O) groups is 2. The number of fused-ring (bicyclic) bond motifs is 1. The molecule has 2 amide bonds. The maximum absolute atomic E-state index is 12.5. The van der Waals surface area contributed by atoms with Crippen molar-refractivity contribution < 1.29 is 9.59 Å². The van der Waals surface area contributed by atoms with Gasteiger partial charge < -0.3 is 20.9 Å². The Morgan fingerprint density at radius 2 is 2.00 bits per heavy atom. The van der Waals surface area contributed by atoms with Crippen molar-refractivity contribution in [1.82, 2.24) is 9.88 Å². The summed E-state index contributed by atoms with van der Waals surface area (Å²) in [6, 6.07) is 6.51. The minimum Gasteiger partial charge on any atom is -0.343 e. The van der Waals surface area contributed by atoms with Crippen molar-refractivity contribution in [3.05, 3.63) is 40.2 Å². The van der Waals surface area contributed by atoms with Gasteiger partial charge in [0.15, 0.2) is 0 Å². The van der Waals surface area contributed by atoms with Crippen molar-refractivity contribution in [2.75, 3.05) is 11.9 Å². The zero-order chi connectivity index (χ0) is 18.6. The summed E-state index contributed by atoms with van der Waals surface area (Å²) in [4.78, 5) is 35.9. The van der Waals surface area contributed by atoms with Gasteiger partial charge in [-0.2, -0.15) is 0 Å². The Kier molecular flexibility index (Phi) is 5.93. The Labute approximate surface area is 146 Å². The normalized spacial score (nSPS) is 12.0. The summed E-state index contributed by atoms with van der Waals surface area (Å²) < 4.78 is 1.58. The number of aromatic nitrogens is 1. The topological polar surface area (TPSA) is 106 Å². The van der Waals surface area contributed by atoms with Crippen LogP contribution in [0.25, 0.3) is 10.9 Å². The van der Waals surface area contributed by atoms with Crippen LogP contribution in [-0.4, -0.2) is 29.0 Å². The van der Waals surface area contributed by atoms with Crippen LogP contribution in [0.3, 0.4) is 0 Å². The van der Waals surface area contributed by atoms with E-state index in [2.05, 4.69) is 10.6 Å². The molecule has 0 radical (unpaired) electrons. The van der Waals surface area contributed by atoms with Gasteiger partial charge in [0, 0.05) is 23.7 Å². The minimum absolute atomic E-state index is 0.0446. The van der Waals surface area contributed by atoms with Gasteiger partial charge in [0.25, 0.3) is 5.56 Å². The second kappa shape index (κ2) is 7.94. The van der Waals surface area contributed by atoms with Crippen molar-refractivity contribution >= 4 is 28.4 Å². The molecule has 0 saturated carbocycles. The maximum Gasteiger partial charge on any atom is 0.253 e. The van der Waals surface area contributed by atoms with Crippen LogP contribution in [0.1, 0.15) is 25.3 Å². The monoisotopic (exact) mass is 344 g/mol. The van der Waals surface area contributed by atoms with E-state index in [4.69, 9.17) is 5.73 Å². The molecule has 1 aromatic carbocycles. The predicted octanol–water partition coefficient (Wildman–Crippen LogP) is 1.03. The molecule has 1 heterocycles. The van der Waals surface area contributed by atoms with E-state index in [1.807, 2.05) is 13.0 Å². The summed E-state index contributed by atoms with van der Waals surface area (Å²) >= 11 is 0. The lowest BCUT2D eigenvalue weighted by Crippen LogP contribution is -2.45. The number of nitrogens with two attached hydrogens (primary N) is 1. The van der Waals surface area contributed by atoms with Gasteiger partial charge in [-0.3, -0.25) is 14.4 Å². The van der Waals surface area contributed by atoms with E-state index in [1.165, 1.54) is 0 Å². The highest BCUT2D eigenvalue weighted by atomic mass is 16.2. The number of rotatable bonds is 6. The Balaban J connectivity index is 2.26. The average Bonchev–Trinajstić information content (AvgIpc) is 2.59. The Morgan fingerprint density at radius 1 is 1.28 bits per heavy atom. The standard InChI is InChI=1S/C18H24N4O3/c1-4-5-14(21-16(23)10-19)17(24)20-13-6-7-15-12(9-13)8-11(2)18(25)22(15)3/h6-9,14H,4-5,10,19H2,1-3H3,(H,20,24)(H,21,23)/t14-/m1/s1. The second-order valence-electron chi connectivity index (χ2n) is 6.07. The molecule has 0 spiro atoms. The van der Waals surface area contributed by atoms with Gasteiger partial charge in [-0.15, -0.1) is 0 Å². The lowest BCUT2D eigenvalue weighted by atomic mass is 10.1. The number of amides is 2. The molecule has 1 aromatic heterocycles. The van der Waals surface area contributed by atoms with E-state index in [-0.39, 0.29) is 23.9 Å². The summed E-state index contributed by atoms with van der Waals surface area (Å²) in [5, 5.41) is 6.31. The first kappa shape index (κ1) is 18.7. The Bertz CT molecular complexity index is 857. The van der Waals surface area contributed by atoms with Crippen LogP contribution >= 0.6 is 0 Å². The van der Waals surface area contributed by atoms with Gasteiger partial charge in [-0.25, -0.2) is 0 Å². The molecule has 1 atom stereocenters. The fourth-order valence-corrected chi connectivity index (χ4v) is 2.76. The third-order valence-corrected chi connectivity index (χ3v) is 4.08. The molecule has 25 heavy (non-hydrogen) atoms. The molecule has 134 valence electrons. The Morgan fingerprint density at radius 3 is 2.64 bits per heavy atom. The zero-order valence-corrected chi connectivity index (χ0v) is 14.8. The van der Waals surface area contributed by atoms with E-state index < -0.39 is 6.04 Å². The molecule has 2 aromatic rings. The highest BCUT2D eigenvalue weighted by molar-refractivity contribution is 5.98. The van der Waals surface area contributed by atoms with Crippen LogP contribution in [0, 0.1) is 6.92 Å². The average molecular weight is 344 g/mol. The lowest BCUT2D eigenvalue weighted by Gasteiger charge is -2.18. The van der Waals surface area contributed by atoms with Crippen molar-refractivity contribution in [1.29, 1.82) is 0 Å². The smallest absolute Gasteiger partial charge is 0.253 e. The lowest BCUT2D eigenvalue weighted by molar-refractivity contribution is -0.125. The number of benzene rings is 1. The minimum atomic E-state index is -0.626. The van der Waals surface area contributed by atoms with E-state index in [9.17, 15) is 14.4 Å². The van der Waals surface area contributed by atoms with Crippen LogP contribution in [-0.2, 0) is 16.6 Å². The summed E-state index contributed by atoms with van der Waals surface area (Å²) in [5.41, 5.74) is 7.29. The van der Waals surface area contributed by atoms with Crippen molar-refractivity contribution in [2.24, 2.45) is 12.8 Å². The first-order valence-corrected chi connectivity index (χ1v) is 8.28. The van der Waals surface area contributed by atoms with Crippen molar-refractivity contribution in [3.8, 4) is 0 Å². The molecule has 0 saturated heterocycles. The van der Waals surface area contributed by atoms with E-state index in [0.29, 0.717) is 17.7 Å². The Hall–Kier alpha value is -2.67. The number of anilines is 1. The molecule has 0 fully saturated rings. The van der Waals surface area contributed by atoms with Crippen LogP contribution in [0.2, 0.25) is 0 Å². The predicted molar refractivity (Wildman–Crippen MR) is 98.4 cm³/mol. The molecular weight excluding hydrogens is 320 g/mol. The van der Waals surface area contributed by atoms with Gasteiger partial charge in [0.2, 0.25) is 11.8 Å². The molecule has 7 nitrogen and oxygen atoms in total. The van der Waals surface area contributed by atoms with Gasteiger partial charge in [-0.1, -0.05) is 13.3 Å². The second-order valence-corrected chi connectivity index (χ2v) is 6.07. The van der Waals surface area contributed by atoms with E-state index >= 15 is 0 Å². The van der Waals surface area contributed by atoms with Crippen LogP contribution in [0.15, 0.2) is 29.1 Å². The quantitative estimate of drug-likeness (QED) is 0.727. The van der Waals surface area contributed by atoms with Crippen LogP contribution in [0.5, 0.6) is 0 Å². The molecule has 0 aliphatic heterocycles. The third kappa shape index (κ3) is 4.24. The fourth-order valence-electron chi connectivity index (χ4n) is 2.76. The van der Waals surface area contributed by atoms with Gasteiger partial charge in [-0.05, 0) is 37.6 Å². The molecule has 2 rings (SSSR count). The van der Waals surface area contributed by atoms with Crippen molar-refractivity contribution in [2.45, 2.75) is 32.7 Å². The van der Waals surface area contributed by atoms with Gasteiger partial charge in [0.05, 0.1) is 12.1 Å². The molecular formula is C18H24N4O3. The molecule has 0 bridgehead atoms. The SMILES string of the molecule is CCC[C@@H](NC(=O)CN)C(=O)Nc1ccc2c(c1)cc(C)c(=O)n2C. The number of nitrogens with one attached hydrogen (secondary N) is 2. The number of hydrogen-bond acceptors (Lipinski definition) is 4. The number of nitrogens with zero attached hydrogens (tertiary/aromatic N) is 1. The maximum atomic E-state index is 12.5. The highest BCUT2D eigenvalue weighted by Crippen LogP contribution is 2.19. The first-order valence-electron chi connectivity index (χ1n) is 8.28. The van der Waals surface area contributed by atoms with Crippen LogP contribution < -0.4 is 21.9 Å². The van der Waals surface area contributed by atoms with E-state index in [0.717, 1.165) is 17.3 Å². The summed E-state index contributed by atoms with van der Waals surface area (Å²) in [6.07, 6.45) is 1.28. The molecule has 4 N–H and O–H groups in total. The number of carbonyl (C=O) groups excluding carboxylic acids is 2. The third-order valence-electron chi connectivity index (χ3n) is 4.08. The van der Waals surface area contributed by atoms with Crippen molar-refractivity contribution in [3.63, 3.8) is 0 Å².